The summed E-state index contributed by atoms with van der Waals surface area (Å²) in [7, 11) is 0. The van der Waals surface area contributed by atoms with Gasteiger partial charge in [-0.1, -0.05) is 39.0 Å². The van der Waals surface area contributed by atoms with Crippen LogP contribution in [0.5, 0.6) is 5.75 Å². The number of rotatable bonds is 4. The average Bonchev–Trinajstić information content (AvgIpc) is 2.58. The molecule has 2 fully saturated rings. The van der Waals surface area contributed by atoms with E-state index < -0.39 is 0 Å². The Labute approximate surface area is 158 Å². The maximum absolute atomic E-state index is 6.34. The van der Waals surface area contributed by atoms with Gasteiger partial charge in [0.15, 0.2) is 0 Å². The molecule has 0 atom stereocenters. The summed E-state index contributed by atoms with van der Waals surface area (Å²) in [6.45, 7) is 10.7. The molecule has 1 aliphatic carbocycles. The van der Waals surface area contributed by atoms with Crippen LogP contribution in [-0.2, 0) is 6.54 Å². The molecule has 2 nitrogen and oxygen atoms in total. The van der Waals surface area contributed by atoms with Gasteiger partial charge in [-0.2, -0.15) is 0 Å². The van der Waals surface area contributed by atoms with Crippen LogP contribution >= 0.6 is 0 Å². The predicted molar refractivity (Wildman–Crippen MR) is 110 cm³/mol. The highest BCUT2D eigenvalue weighted by Gasteiger charge is 2.30. The monoisotopic (exact) mass is 351 g/mol. The van der Waals surface area contributed by atoms with Crippen molar-refractivity contribution in [3.63, 3.8) is 0 Å². The minimum atomic E-state index is 0.386. The molecular weight excluding hydrogens is 318 g/mol. The molecular formula is C24H33NO. The van der Waals surface area contributed by atoms with Gasteiger partial charge >= 0.3 is 0 Å². The molecule has 2 aromatic rings. The molecule has 0 bridgehead atoms. The zero-order valence-electron chi connectivity index (χ0n) is 16.6. The average molecular weight is 352 g/mol. The quantitative estimate of drug-likeness (QED) is 0.667. The van der Waals surface area contributed by atoms with Crippen molar-refractivity contribution in [1.82, 2.24) is 4.90 Å². The van der Waals surface area contributed by atoms with Crippen LogP contribution in [0.4, 0.5) is 0 Å². The van der Waals surface area contributed by atoms with Gasteiger partial charge in [-0.15, -0.1) is 0 Å². The Morgan fingerprint density at radius 1 is 0.923 bits per heavy atom. The van der Waals surface area contributed by atoms with E-state index in [0.717, 1.165) is 18.2 Å². The first kappa shape index (κ1) is 17.9. The number of benzene rings is 2. The lowest BCUT2D eigenvalue weighted by molar-refractivity contribution is 0.0883. The van der Waals surface area contributed by atoms with Gasteiger partial charge in [-0.05, 0) is 91.1 Å². The molecule has 0 spiro atoms. The molecule has 2 aromatic carbocycles. The van der Waals surface area contributed by atoms with Crippen LogP contribution in [0.1, 0.15) is 58.4 Å². The minimum absolute atomic E-state index is 0.386. The van der Waals surface area contributed by atoms with E-state index in [0.29, 0.717) is 11.5 Å². The van der Waals surface area contributed by atoms with Gasteiger partial charge in [0.1, 0.15) is 5.75 Å². The number of ether oxygens (including phenoxy) is 1. The Kier molecular flexibility index (Phi) is 4.96. The van der Waals surface area contributed by atoms with Crippen molar-refractivity contribution in [2.45, 2.75) is 65.5 Å². The molecule has 4 rings (SSSR count). The Balaban J connectivity index is 1.39. The highest BCUT2D eigenvalue weighted by molar-refractivity contribution is 5.84. The number of nitrogens with zero attached hydrogens (tertiary/aromatic N) is 1. The Morgan fingerprint density at radius 3 is 2.27 bits per heavy atom. The molecule has 1 heterocycles. The molecule has 1 aliphatic heterocycles. The van der Waals surface area contributed by atoms with Gasteiger partial charge in [-0.25, -0.2) is 0 Å². The van der Waals surface area contributed by atoms with Gasteiger partial charge in [-0.3, -0.25) is 4.90 Å². The number of hydrogen-bond donors (Lipinski definition) is 0. The fourth-order valence-corrected chi connectivity index (χ4v) is 4.48. The van der Waals surface area contributed by atoms with E-state index in [-0.39, 0.29) is 0 Å². The van der Waals surface area contributed by atoms with Crippen molar-refractivity contribution in [1.29, 1.82) is 0 Å². The molecule has 26 heavy (non-hydrogen) atoms. The summed E-state index contributed by atoms with van der Waals surface area (Å²) >= 11 is 0. The molecule has 0 aromatic heterocycles. The van der Waals surface area contributed by atoms with Crippen LogP contribution in [0.15, 0.2) is 36.4 Å². The van der Waals surface area contributed by atoms with Crippen molar-refractivity contribution < 1.29 is 4.74 Å². The smallest absolute Gasteiger partial charge is 0.120 e. The van der Waals surface area contributed by atoms with E-state index in [9.17, 15) is 0 Å². The standard InChI is InChI=1S/C24H33NO/c1-24(2,3)21-8-11-22(12-9-21)26-23-10-7-19-15-18(5-6-20(19)16-23)17-25-13-4-14-25/h5-7,10,15-16,21-22H,4,8-9,11-14,17H2,1-3H3. The van der Waals surface area contributed by atoms with Gasteiger partial charge in [0.25, 0.3) is 0 Å². The maximum Gasteiger partial charge on any atom is 0.120 e. The van der Waals surface area contributed by atoms with E-state index in [2.05, 4.69) is 62.1 Å². The lowest BCUT2D eigenvalue weighted by atomic mass is 9.72. The summed E-state index contributed by atoms with van der Waals surface area (Å²) in [5, 5.41) is 2.62. The molecule has 0 amide bonds. The van der Waals surface area contributed by atoms with Crippen molar-refractivity contribution in [2.24, 2.45) is 11.3 Å². The van der Waals surface area contributed by atoms with E-state index in [1.165, 1.54) is 61.5 Å². The van der Waals surface area contributed by atoms with Gasteiger partial charge in [0.2, 0.25) is 0 Å². The minimum Gasteiger partial charge on any atom is -0.490 e. The normalized spacial score (nSPS) is 24.4. The third-order valence-electron chi connectivity index (χ3n) is 6.43. The second-order valence-corrected chi connectivity index (χ2v) is 9.43. The van der Waals surface area contributed by atoms with Crippen molar-refractivity contribution in [3.05, 3.63) is 42.0 Å². The van der Waals surface area contributed by atoms with E-state index in [1.54, 1.807) is 0 Å². The Morgan fingerprint density at radius 2 is 1.62 bits per heavy atom. The highest BCUT2D eigenvalue weighted by atomic mass is 16.5. The van der Waals surface area contributed by atoms with E-state index in [4.69, 9.17) is 4.74 Å². The molecule has 1 saturated carbocycles. The van der Waals surface area contributed by atoms with Crippen LogP contribution in [0.25, 0.3) is 10.8 Å². The van der Waals surface area contributed by atoms with Crippen LogP contribution in [0, 0.1) is 11.3 Å². The van der Waals surface area contributed by atoms with Gasteiger partial charge < -0.3 is 4.74 Å². The second kappa shape index (κ2) is 7.23. The van der Waals surface area contributed by atoms with Crippen molar-refractivity contribution in [2.75, 3.05) is 13.1 Å². The number of likely N-dealkylation sites (tertiary alicyclic amines) is 1. The fourth-order valence-electron chi connectivity index (χ4n) is 4.48. The summed E-state index contributed by atoms with van der Waals surface area (Å²) < 4.78 is 6.34. The van der Waals surface area contributed by atoms with E-state index in [1.807, 2.05) is 0 Å². The van der Waals surface area contributed by atoms with Crippen molar-refractivity contribution in [3.8, 4) is 5.75 Å². The van der Waals surface area contributed by atoms with Crippen LogP contribution in [0.2, 0.25) is 0 Å². The summed E-state index contributed by atoms with van der Waals surface area (Å²) in [4.78, 5) is 2.51. The largest absolute Gasteiger partial charge is 0.490 e. The van der Waals surface area contributed by atoms with E-state index >= 15 is 0 Å². The predicted octanol–water partition coefficient (Wildman–Crippen LogP) is 6.03. The first-order valence-electron chi connectivity index (χ1n) is 10.4. The number of fused-ring (bicyclic) bond motifs is 1. The van der Waals surface area contributed by atoms with Crippen LogP contribution < -0.4 is 4.74 Å². The Bertz CT molecular complexity index is 748. The third kappa shape index (κ3) is 4.06. The fraction of sp³-hybridized carbons (Fsp3) is 0.583. The SMILES string of the molecule is CC(C)(C)C1CCC(Oc2ccc3cc(CN4CCC4)ccc3c2)CC1. The zero-order chi connectivity index (χ0) is 18.1. The van der Waals surface area contributed by atoms with Crippen LogP contribution in [0.3, 0.4) is 0 Å². The molecule has 0 N–H and O–H groups in total. The lowest BCUT2D eigenvalue weighted by Crippen LogP contribution is -2.36. The molecule has 1 saturated heterocycles. The Hall–Kier alpha value is -1.54. The van der Waals surface area contributed by atoms with Gasteiger partial charge in [0.05, 0.1) is 6.10 Å². The summed E-state index contributed by atoms with van der Waals surface area (Å²) in [5.74, 6) is 1.87. The first-order valence-corrected chi connectivity index (χ1v) is 10.4. The first-order chi connectivity index (χ1) is 12.5. The molecule has 0 radical (unpaired) electrons. The number of hydrogen-bond acceptors (Lipinski definition) is 2. The summed E-state index contributed by atoms with van der Waals surface area (Å²) in [6, 6.07) is 13.5. The molecule has 140 valence electrons. The highest BCUT2D eigenvalue weighted by Crippen LogP contribution is 2.39. The second-order valence-electron chi connectivity index (χ2n) is 9.43. The summed E-state index contributed by atoms with van der Waals surface area (Å²) in [6.07, 6.45) is 6.70. The lowest BCUT2D eigenvalue weighted by Gasteiger charge is -2.37. The zero-order valence-corrected chi connectivity index (χ0v) is 16.6. The topological polar surface area (TPSA) is 12.5 Å². The molecule has 2 heteroatoms. The maximum atomic E-state index is 6.34. The summed E-state index contributed by atoms with van der Waals surface area (Å²) in [5.41, 5.74) is 1.85. The third-order valence-corrected chi connectivity index (χ3v) is 6.43. The van der Waals surface area contributed by atoms with Crippen LogP contribution in [-0.4, -0.2) is 24.1 Å². The van der Waals surface area contributed by atoms with Gasteiger partial charge in [0, 0.05) is 6.54 Å². The molecule has 2 aliphatic rings. The van der Waals surface area contributed by atoms with Crippen molar-refractivity contribution >= 4 is 10.8 Å². The molecule has 0 unspecified atom stereocenters.